The fourth-order valence-electron chi connectivity index (χ4n) is 2.46. The summed E-state index contributed by atoms with van der Waals surface area (Å²) < 4.78 is 0. The SMILES string of the molecule is CCCCC[PH](Cl)(CCCCC)c1ccccc1. The Kier molecular flexibility index (Phi) is 7.95. The van der Waals surface area contributed by atoms with Crippen molar-refractivity contribution in [3.05, 3.63) is 30.3 Å². The summed E-state index contributed by atoms with van der Waals surface area (Å²) in [4.78, 5) is 0. The summed E-state index contributed by atoms with van der Waals surface area (Å²) in [6.07, 6.45) is 10.3. The Hall–Kier alpha value is -0.0600. The minimum absolute atomic E-state index is 1.25. The number of halogens is 1. The normalized spacial score (nSPS) is 12.6. The molecule has 0 aliphatic rings. The van der Waals surface area contributed by atoms with E-state index in [2.05, 4.69) is 44.2 Å². The van der Waals surface area contributed by atoms with E-state index in [1.54, 1.807) is 0 Å². The molecule has 0 nitrogen and oxygen atoms in total. The molecule has 0 saturated heterocycles. The van der Waals surface area contributed by atoms with Gasteiger partial charge >= 0.3 is 118 Å². The van der Waals surface area contributed by atoms with E-state index in [4.69, 9.17) is 11.2 Å². The summed E-state index contributed by atoms with van der Waals surface area (Å²) in [6.45, 7) is 2.79. The predicted molar refractivity (Wildman–Crippen MR) is 89.0 cm³/mol. The molecule has 1 aromatic rings. The van der Waals surface area contributed by atoms with Crippen LogP contribution in [0.4, 0.5) is 0 Å². The third-order valence-electron chi connectivity index (χ3n) is 3.64. The molecule has 0 aliphatic heterocycles. The van der Waals surface area contributed by atoms with Crippen LogP contribution in [0.3, 0.4) is 0 Å². The molecular weight excluding hydrogens is 259 g/mol. The fraction of sp³-hybridized carbons (Fsp3) is 0.625. The maximum atomic E-state index is 7.08. The monoisotopic (exact) mass is 286 g/mol. The van der Waals surface area contributed by atoms with E-state index in [9.17, 15) is 0 Å². The molecule has 0 N–H and O–H groups in total. The van der Waals surface area contributed by atoms with Crippen LogP contribution < -0.4 is 5.30 Å². The molecular formula is C16H28ClP. The average Bonchev–Trinajstić information content (AvgIpc) is 2.40. The number of hydrogen-bond donors (Lipinski definition) is 0. The summed E-state index contributed by atoms with van der Waals surface area (Å²) in [6, 6.07) is 10.9. The Balaban J connectivity index is 2.67. The van der Waals surface area contributed by atoms with Crippen LogP contribution in [0.15, 0.2) is 30.3 Å². The Morgan fingerprint density at radius 1 is 0.833 bits per heavy atom. The van der Waals surface area contributed by atoms with Crippen molar-refractivity contribution in [1.29, 1.82) is 0 Å². The van der Waals surface area contributed by atoms with Crippen molar-refractivity contribution < 1.29 is 0 Å². The molecule has 104 valence electrons. The fourth-order valence-corrected chi connectivity index (χ4v) is 6.88. The van der Waals surface area contributed by atoms with Gasteiger partial charge in [0, 0.05) is 0 Å². The van der Waals surface area contributed by atoms with Crippen LogP contribution >= 0.6 is 17.9 Å². The Morgan fingerprint density at radius 3 is 1.78 bits per heavy atom. The maximum absolute atomic E-state index is 7.08. The quantitative estimate of drug-likeness (QED) is 0.410. The van der Waals surface area contributed by atoms with Gasteiger partial charge in [-0.3, -0.25) is 0 Å². The standard InChI is InChI=1S/C16H28ClP/c1-3-5-10-14-18(17,15-11-6-4-2)16-12-8-7-9-13-16/h7-9,12-13,18H,3-6,10-11,14-15H2,1-2H3. The third-order valence-corrected chi connectivity index (χ3v) is 9.09. The van der Waals surface area contributed by atoms with Gasteiger partial charge in [0.15, 0.2) is 0 Å². The van der Waals surface area contributed by atoms with Gasteiger partial charge in [0.25, 0.3) is 0 Å². The van der Waals surface area contributed by atoms with E-state index >= 15 is 0 Å². The topological polar surface area (TPSA) is 0 Å². The van der Waals surface area contributed by atoms with Gasteiger partial charge < -0.3 is 0 Å². The number of hydrogen-bond acceptors (Lipinski definition) is 0. The van der Waals surface area contributed by atoms with Gasteiger partial charge in [-0.15, -0.1) is 0 Å². The van der Waals surface area contributed by atoms with Gasteiger partial charge in [0.05, 0.1) is 0 Å². The summed E-state index contributed by atoms with van der Waals surface area (Å²) in [5, 5.41) is 1.44. The number of rotatable bonds is 9. The third kappa shape index (κ3) is 5.29. The van der Waals surface area contributed by atoms with Crippen LogP contribution in [0, 0.1) is 0 Å². The molecule has 0 spiro atoms. The molecule has 1 rings (SSSR count). The van der Waals surface area contributed by atoms with Crippen molar-refractivity contribution >= 4 is 23.2 Å². The summed E-state index contributed by atoms with van der Waals surface area (Å²) >= 11 is 7.08. The zero-order valence-electron chi connectivity index (χ0n) is 11.9. The molecule has 0 fully saturated rings. The molecule has 18 heavy (non-hydrogen) atoms. The van der Waals surface area contributed by atoms with Crippen LogP contribution in [-0.4, -0.2) is 12.3 Å². The first kappa shape index (κ1) is 16.0. The molecule has 2 heteroatoms. The average molecular weight is 287 g/mol. The molecule has 1 aromatic carbocycles. The minimum atomic E-state index is -1.73. The van der Waals surface area contributed by atoms with Gasteiger partial charge in [0.1, 0.15) is 0 Å². The van der Waals surface area contributed by atoms with E-state index in [0.717, 1.165) is 0 Å². The molecule has 0 radical (unpaired) electrons. The van der Waals surface area contributed by atoms with Crippen molar-refractivity contribution in [2.75, 3.05) is 12.3 Å². The zero-order valence-corrected chi connectivity index (χ0v) is 13.7. The van der Waals surface area contributed by atoms with Crippen molar-refractivity contribution in [3.63, 3.8) is 0 Å². The zero-order chi connectivity index (χ0) is 13.3. The molecule has 0 aliphatic carbocycles. The van der Waals surface area contributed by atoms with E-state index in [0.29, 0.717) is 0 Å². The molecule has 0 bridgehead atoms. The van der Waals surface area contributed by atoms with Crippen LogP contribution in [0.25, 0.3) is 0 Å². The van der Waals surface area contributed by atoms with Crippen LogP contribution in [0.2, 0.25) is 0 Å². The summed E-state index contributed by atoms with van der Waals surface area (Å²) in [7, 11) is 0. The molecule has 0 heterocycles. The van der Waals surface area contributed by atoms with Gasteiger partial charge in [-0.1, -0.05) is 0 Å². The Labute approximate surface area is 118 Å². The van der Waals surface area contributed by atoms with E-state index in [1.807, 2.05) is 0 Å². The van der Waals surface area contributed by atoms with Crippen LogP contribution in [-0.2, 0) is 0 Å². The van der Waals surface area contributed by atoms with Gasteiger partial charge in [-0.2, -0.15) is 0 Å². The molecule has 0 unspecified atom stereocenters. The van der Waals surface area contributed by atoms with Crippen molar-refractivity contribution in [1.82, 2.24) is 0 Å². The second-order valence-electron chi connectivity index (χ2n) is 5.25. The molecule has 0 atom stereocenters. The first-order valence-corrected chi connectivity index (χ1v) is 10.9. The molecule has 0 saturated carbocycles. The van der Waals surface area contributed by atoms with E-state index in [-0.39, 0.29) is 0 Å². The van der Waals surface area contributed by atoms with Crippen molar-refractivity contribution in [2.24, 2.45) is 0 Å². The van der Waals surface area contributed by atoms with Crippen molar-refractivity contribution in [2.45, 2.75) is 52.4 Å². The second-order valence-corrected chi connectivity index (χ2v) is 10.9. The first-order chi connectivity index (χ1) is 8.73. The summed E-state index contributed by atoms with van der Waals surface area (Å²) in [5.41, 5.74) is 0. The number of benzene rings is 1. The second kappa shape index (κ2) is 8.94. The summed E-state index contributed by atoms with van der Waals surface area (Å²) in [5.74, 6) is 0. The predicted octanol–water partition coefficient (Wildman–Crippen LogP) is 5.60. The van der Waals surface area contributed by atoms with Crippen LogP contribution in [0.1, 0.15) is 52.4 Å². The van der Waals surface area contributed by atoms with E-state index < -0.39 is 6.62 Å². The van der Waals surface area contributed by atoms with Gasteiger partial charge in [-0.05, 0) is 0 Å². The van der Waals surface area contributed by atoms with Gasteiger partial charge in [0.2, 0.25) is 0 Å². The number of unbranched alkanes of at least 4 members (excludes halogenated alkanes) is 4. The Bertz CT molecular complexity index is 300. The molecule has 0 amide bonds. The van der Waals surface area contributed by atoms with Crippen LogP contribution in [0.5, 0.6) is 0 Å². The molecule has 0 aromatic heterocycles. The van der Waals surface area contributed by atoms with E-state index in [1.165, 1.54) is 56.2 Å². The Morgan fingerprint density at radius 2 is 1.33 bits per heavy atom. The van der Waals surface area contributed by atoms with Crippen molar-refractivity contribution in [3.8, 4) is 0 Å². The van der Waals surface area contributed by atoms with Gasteiger partial charge in [-0.25, -0.2) is 0 Å². The first-order valence-electron chi connectivity index (χ1n) is 7.47.